The Labute approximate surface area is 179 Å². The Morgan fingerprint density at radius 2 is 1.97 bits per heavy atom. The number of nitrogens with zero attached hydrogens (tertiary/aromatic N) is 4. The Kier molecular flexibility index (Phi) is 6.00. The summed E-state index contributed by atoms with van der Waals surface area (Å²) in [6.07, 6.45) is 5.18. The third-order valence-corrected chi connectivity index (χ3v) is 7.21. The molecule has 3 fully saturated rings. The zero-order valence-corrected chi connectivity index (χ0v) is 18.5. The van der Waals surface area contributed by atoms with Crippen molar-refractivity contribution in [3.8, 4) is 0 Å². The summed E-state index contributed by atoms with van der Waals surface area (Å²) in [5, 5.41) is 0. The van der Waals surface area contributed by atoms with Gasteiger partial charge in [-0.1, -0.05) is 6.92 Å². The van der Waals surface area contributed by atoms with Gasteiger partial charge in [-0.05, 0) is 51.2 Å². The molecule has 1 spiro atoms. The van der Waals surface area contributed by atoms with E-state index in [-0.39, 0.29) is 11.9 Å². The van der Waals surface area contributed by atoms with E-state index in [1.165, 1.54) is 19.3 Å². The smallest absolute Gasteiger partial charge is 0.409 e. The third kappa shape index (κ3) is 4.04. The van der Waals surface area contributed by atoms with Crippen molar-refractivity contribution in [1.29, 1.82) is 0 Å². The van der Waals surface area contributed by atoms with Crippen molar-refractivity contribution in [3.05, 3.63) is 23.9 Å². The van der Waals surface area contributed by atoms with Gasteiger partial charge in [0.2, 0.25) is 0 Å². The van der Waals surface area contributed by atoms with Crippen LogP contribution in [0.4, 0.5) is 10.6 Å². The molecule has 2 aliphatic heterocycles. The number of carbonyl (C=O) groups excluding carboxylic acids is 2. The minimum Gasteiger partial charge on any atom is -0.450 e. The van der Waals surface area contributed by atoms with Gasteiger partial charge >= 0.3 is 6.09 Å². The molecular weight excluding hydrogens is 380 g/mol. The van der Waals surface area contributed by atoms with Crippen LogP contribution in [0, 0.1) is 11.3 Å². The van der Waals surface area contributed by atoms with Gasteiger partial charge in [-0.25, -0.2) is 9.78 Å². The number of hydrogen-bond donors (Lipinski definition) is 0. The van der Waals surface area contributed by atoms with Gasteiger partial charge in [-0.15, -0.1) is 0 Å². The summed E-state index contributed by atoms with van der Waals surface area (Å²) in [4.78, 5) is 35.1. The van der Waals surface area contributed by atoms with Crippen molar-refractivity contribution in [2.45, 2.75) is 46.1 Å². The zero-order valence-electron chi connectivity index (χ0n) is 18.5. The monoisotopic (exact) mass is 414 g/mol. The molecule has 4 rings (SSSR count). The molecular formula is C23H34N4O3. The Bertz CT molecular complexity index is 784. The van der Waals surface area contributed by atoms with E-state index in [2.05, 4.69) is 21.7 Å². The fourth-order valence-electron chi connectivity index (χ4n) is 5.79. The Morgan fingerprint density at radius 1 is 1.23 bits per heavy atom. The number of piperazine rings is 1. The van der Waals surface area contributed by atoms with Gasteiger partial charge in [0.1, 0.15) is 5.82 Å². The van der Waals surface area contributed by atoms with Crippen LogP contribution in [0.3, 0.4) is 0 Å². The van der Waals surface area contributed by atoms with Gasteiger partial charge in [0, 0.05) is 56.9 Å². The molecule has 3 aliphatic rings. The Hall–Kier alpha value is -2.15. The Balaban J connectivity index is 1.30. The summed E-state index contributed by atoms with van der Waals surface area (Å²) < 4.78 is 5.14. The van der Waals surface area contributed by atoms with E-state index < -0.39 is 0 Å². The topological polar surface area (TPSA) is 66.0 Å². The van der Waals surface area contributed by atoms with Crippen molar-refractivity contribution >= 4 is 17.7 Å². The first kappa shape index (κ1) is 21.1. The molecule has 1 unspecified atom stereocenters. The second-order valence-corrected chi connectivity index (χ2v) is 9.30. The maximum Gasteiger partial charge on any atom is 0.409 e. The van der Waals surface area contributed by atoms with Crippen molar-refractivity contribution < 1.29 is 14.3 Å². The van der Waals surface area contributed by atoms with Gasteiger partial charge in [-0.3, -0.25) is 9.69 Å². The lowest BCUT2D eigenvalue weighted by atomic mass is 9.63. The normalized spacial score (nSPS) is 26.4. The molecule has 7 nitrogen and oxygen atoms in total. The van der Waals surface area contributed by atoms with E-state index in [9.17, 15) is 9.59 Å². The molecule has 1 aromatic rings. The van der Waals surface area contributed by atoms with Crippen LogP contribution < -0.4 is 4.90 Å². The number of likely N-dealkylation sites (tertiary alicyclic amines) is 1. The van der Waals surface area contributed by atoms with Gasteiger partial charge in [0.05, 0.1) is 12.2 Å². The summed E-state index contributed by atoms with van der Waals surface area (Å²) in [7, 11) is 0. The maximum atomic E-state index is 12.0. The van der Waals surface area contributed by atoms with Crippen molar-refractivity contribution in [2.24, 2.45) is 11.3 Å². The van der Waals surface area contributed by atoms with Crippen LogP contribution in [-0.2, 0) is 4.74 Å². The highest BCUT2D eigenvalue weighted by Crippen LogP contribution is 2.47. The van der Waals surface area contributed by atoms with E-state index in [1.54, 1.807) is 13.1 Å². The van der Waals surface area contributed by atoms with E-state index in [1.807, 2.05) is 24.0 Å². The second kappa shape index (κ2) is 8.53. The fourth-order valence-corrected chi connectivity index (χ4v) is 5.79. The molecule has 3 heterocycles. The number of aromatic nitrogens is 1. The van der Waals surface area contributed by atoms with Crippen LogP contribution in [0.2, 0.25) is 0 Å². The van der Waals surface area contributed by atoms with Crippen molar-refractivity contribution in [1.82, 2.24) is 14.8 Å². The average Bonchev–Trinajstić information content (AvgIpc) is 2.72. The molecule has 1 aromatic heterocycles. The summed E-state index contributed by atoms with van der Waals surface area (Å²) >= 11 is 0. The van der Waals surface area contributed by atoms with Crippen LogP contribution in [-0.4, -0.2) is 78.6 Å². The molecule has 1 aliphatic carbocycles. The molecule has 1 amide bonds. The molecule has 2 atom stereocenters. The van der Waals surface area contributed by atoms with Gasteiger partial charge in [-0.2, -0.15) is 0 Å². The van der Waals surface area contributed by atoms with E-state index in [0.717, 1.165) is 50.6 Å². The largest absolute Gasteiger partial charge is 0.450 e. The molecule has 2 saturated heterocycles. The van der Waals surface area contributed by atoms with Crippen molar-refractivity contribution in [2.75, 3.05) is 50.8 Å². The number of amides is 1. The highest BCUT2D eigenvalue weighted by molar-refractivity contribution is 5.98. The second-order valence-electron chi connectivity index (χ2n) is 9.30. The lowest BCUT2D eigenvalue weighted by Gasteiger charge is -2.56. The van der Waals surface area contributed by atoms with Gasteiger partial charge < -0.3 is 14.5 Å². The molecule has 1 saturated carbocycles. The predicted octanol–water partition coefficient (Wildman–Crippen LogP) is 3.05. The summed E-state index contributed by atoms with van der Waals surface area (Å²) in [5.41, 5.74) is 1.02. The fraction of sp³-hybridized carbons (Fsp3) is 0.696. The standard InChI is InChI=1S/C23H34N4O3/c1-4-30-22(29)27-15-23(16-27)8-7-20(17(2)14-23)25-10-12-26(13-11-25)21-19(18(3)28)6-5-9-24-21/h5-6,9,17,20H,4,7-8,10-16H2,1-3H3/t17?,20-/m1/s1. The van der Waals surface area contributed by atoms with Gasteiger partial charge in [0.15, 0.2) is 5.78 Å². The van der Waals surface area contributed by atoms with Crippen LogP contribution in [0.1, 0.15) is 50.4 Å². The number of rotatable bonds is 4. The molecule has 164 valence electrons. The lowest BCUT2D eigenvalue weighted by Crippen LogP contribution is -2.63. The number of pyridine rings is 1. The molecule has 0 aromatic carbocycles. The van der Waals surface area contributed by atoms with E-state index in [0.29, 0.717) is 24.0 Å². The SMILES string of the molecule is CCOC(=O)N1CC2(CC[C@@H](N3CCN(c4ncccc4C(C)=O)CC3)C(C)C2)C1. The van der Waals surface area contributed by atoms with Crippen LogP contribution >= 0.6 is 0 Å². The van der Waals surface area contributed by atoms with Crippen LogP contribution in [0.5, 0.6) is 0 Å². The molecule has 0 radical (unpaired) electrons. The summed E-state index contributed by atoms with van der Waals surface area (Å²) in [5.74, 6) is 1.52. The average molecular weight is 415 g/mol. The quantitative estimate of drug-likeness (QED) is 0.706. The number of ketones is 1. The first-order valence-electron chi connectivity index (χ1n) is 11.3. The summed E-state index contributed by atoms with van der Waals surface area (Å²) in [6.45, 7) is 11.8. The first-order valence-corrected chi connectivity index (χ1v) is 11.3. The molecule has 0 N–H and O–H groups in total. The molecule has 0 bridgehead atoms. The molecule has 30 heavy (non-hydrogen) atoms. The van der Waals surface area contributed by atoms with Gasteiger partial charge in [0.25, 0.3) is 0 Å². The first-order chi connectivity index (χ1) is 14.4. The lowest BCUT2D eigenvalue weighted by molar-refractivity contribution is -0.0585. The van der Waals surface area contributed by atoms with E-state index >= 15 is 0 Å². The van der Waals surface area contributed by atoms with E-state index in [4.69, 9.17) is 4.74 Å². The molecule has 7 heteroatoms. The predicted molar refractivity (Wildman–Crippen MR) is 116 cm³/mol. The minimum absolute atomic E-state index is 0.0732. The highest BCUT2D eigenvalue weighted by Gasteiger charge is 2.50. The van der Waals surface area contributed by atoms with Crippen LogP contribution in [0.15, 0.2) is 18.3 Å². The Morgan fingerprint density at radius 3 is 2.60 bits per heavy atom. The number of anilines is 1. The number of ether oxygens (including phenoxy) is 1. The summed E-state index contributed by atoms with van der Waals surface area (Å²) in [6, 6.07) is 4.31. The van der Waals surface area contributed by atoms with Crippen molar-refractivity contribution in [3.63, 3.8) is 0 Å². The number of Topliss-reactive ketones (excluding diaryl/α,β-unsaturated/α-hetero) is 1. The minimum atomic E-state index is -0.159. The third-order valence-electron chi connectivity index (χ3n) is 7.21. The zero-order chi connectivity index (χ0) is 21.3. The maximum absolute atomic E-state index is 12.0. The van der Waals surface area contributed by atoms with Crippen LogP contribution in [0.25, 0.3) is 0 Å². The number of carbonyl (C=O) groups is 2. The number of hydrogen-bond acceptors (Lipinski definition) is 6. The highest BCUT2D eigenvalue weighted by atomic mass is 16.6.